The van der Waals surface area contributed by atoms with E-state index in [-0.39, 0.29) is 6.03 Å². The van der Waals surface area contributed by atoms with Crippen LogP contribution in [0.2, 0.25) is 0 Å². The van der Waals surface area contributed by atoms with Crippen LogP contribution in [0.1, 0.15) is 37.8 Å². The van der Waals surface area contributed by atoms with Gasteiger partial charge in [-0.25, -0.2) is 9.78 Å². The number of nitrogens with zero attached hydrogens (tertiary/aromatic N) is 1. The Morgan fingerprint density at radius 1 is 1.35 bits per heavy atom. The van der Waals surface area contributed by atoms with Gasteiger partial charge in [0, 0.05) is 29.4 Å². The molecule has 5 nitrogen and oxygen atoms in total. The maximum Gasteiger partial charge on any atom is 0.320 e. The third kappa shape index (κ3) is 4.53. The molecule has 1 aromatic heterocycles. The van der Waals surface area contributed by atoms with E-state index in [0.717, 1.165) is 22.7 Å². The van der Waals surface area contributed by atoms with Gasteiger partial charge in [-0.05, 0) is 26.3 Å². The Morgan fingerprint density at radius 3 is 2.78 bits per heavy atom. The molecule has 0 fully saturated rings. The number of amides is 2. The summed E-state index contributed by atoms with van der Waals surface area (Å²) in [6.45, 7) is 7.08. The van der Waals surface area contributed by atoms with E-state index in [0.29, 0.717) is 13.2 Å². The van der Waals surface area contributed by atoms with Crippen molar-refractivity contribution in [2.75, 3.05) is 11.9 Å². The number of urea groups is 1. The first-order valence-corrected chi connectivity index (χ1v) is 8.61. The number of hydrogen-bond donors (Lipinski definition) is 2. The normalized spacial score (nSPS) is 13.3. The van der Waals surface area contributed by atoms with Crippen molar-refractivity contribution in [3.63, 3.8) is 0 Å². The number of hydrogen-bond acceptors (Lipinski definition) is 4. The minimum Gasteiger partial charge on any atom is -0.377 e. The second-order valence-electron chi connectivity index (χ2n) is 5.40. The molecular formula is C17H23N3O2S. The molecule has 124 valence electrons. The summed E-state index contributed by atoms with van der Waals surface area (Å²) in [5.74, 6) is 0. The number of benzene rings is 1. The number of carbonyl (C=O) groups excluding carboxylic acids is 1. The lowest BCUT2D eigenvalue weighted by Crippen LogP contribution is -2.45. The molecule has 1 aromatic carbocycles. The molecular weight excluding hydrogens is 310 g/mol. The Balaban J connectivity index is 2.07. The first-order valence-electron chi connectivity index (χ1n) is 7.74. The molecule has 23 heavy (non-hydrogen) atoms. The van der Waals surface area contributed by atoms with Crippen LogP contribution in [-0.4, -0.2) is 17.6 Å². The lowest BCUT2D eigenvalue weighted by Gasteiger charge is -2.27. The summed E-state index contributed by atoms with van der Waals surface area (Å²) < 4.78 is 5.44. The number of ether oxygens (including phenoxy) is 1. The molecule has 0 spiro atoms. The van der Waals surface area contributed by atoms with Gasteiger partial charge in [-0.3, -0.25) is 0 Å². The Hall–Kier alpha value is -1.92. The van der Waals surface area contributed by atoms with Crippen molar-refractivity contribution in [3.8, 4) is 0 Å². The zero-order chi connectivity index (χ0) is 16.7. The summed E-state index contributed by atoms with van der Waals surface area (Å²) in [4.78, 5) is 16.8. The van der Waals surface area contributed by atoms with Crippen molar-refractivity contribution in [2.24, 2.45) is 0 Å². The average molecular weight is 333 g/mol. The van der Waals surface area contributed by atoms with Crippen LogP contribution in [0.5, 0.6) is 0 Å². The second-order valence-corrected chi connectivity index (χ2v) is 6.29. The highest BCUT2D eigenvalue weighted by Gasteiger charge is 2.29. The fourth-order valence-electron chi connectivity index (χ4n) is 2.17. The molecule has 0 radical (unpaired) electrons. The number of thiazole rings is 1. The van der Waals surface area contributed by atoms with E-state index in [2.05, 4.69) is 15.6 Å². The van der Waals surface area contributed by atoms with Gasteiger partial charge in [0.05, 0.1) is 12.1 Å². The number of carbonyl (C=O) groups is 1. The van der Waals surface area contributed by atoms with Crippen molar-refractivity contribution in [2.45, 2.75) is 39.3 Å². The summed E-state index contributed by atoms with van der Waals surface area (Å²) in [6.07, 6.45) is 2.51. The fourth-order valence-corrected chi connectivity index (χ4v) is 3.00. The Morgan fingerprint density at radius 2 is 2.13 bits per heavy atom. The highest BCUT2D eigenvalue weighted by atomic mass is 32.1. The van der Waals surface area contributed by atoms with Crippen LogP contribution in [-0.2, 0) is 16.9 Å². The first-order chi connectivity index (χ1) is 11.1. The molecule has 0 saturated heterocycles. The molecule has 0 unspecified atom stereocenters. The minimum absolute atomic E-state index is 0.242. The Bertz CT molecular complexity index is 631. The van der Waals surface area contributed by atoms with Gasteiger partial charge in [-0.2, -0.15) is 0 Å². The molecule has 2 rings (SSSR count). The standard InChI is InChI=1S/C17H23N3O2S/c1-4-17(3,15-18-10-11-23-15)20-16(21)19-14-9-7-6-8-13(14)12-22-5-2/h6-11H,4-5,12H2,1-3H3,(H2,19,20,21)/t17-/m0/s1. The number of anilines is 1. The molecule has 0 bridgehead atoms. The van der Waals surface area contributed by atoms with Crippen molar-refractivity contribution in [1.29, 1.82) is 0 Å². The van der Waals surface area contributed by atoms with Crippen LogP contribution in [0, 0.1) is 0 Å². The van der Waals surface area contributed by atoms with Crippen LogP contribution in [0.4, 0.5) is 10.5 Å². The van der Waals surface area contributed by atoms with Crippen LogP contribution >= 0.6 is 11.3 Å². The molecule has 1 heterocycles. The highest BCUT2D eigenvalue weighted by Crippen LogP contribution is 2.26. The van der Waals surface area contributed by atoms with E-state index < -0.39 is 5.54 Å². The zero-order valence-corrected chi connectivity index (χ0v) is 14.6. The van der Waals surface area contributed by atoms with Crippen molar-refractivity contribution in [3.05, 3.63) is 46.4 Å². The fraction of sp³-hybridized carbons (Fsp3) is 0.412. The second kappa shape index (κ2) is 8.08. The predicted molar refractivity (Wildman–Crippen MR) is 93.7 cm³/mol. The van der Waals surface area contributed by atoms with Crippen LogP contribution in [0.25, 0.3) is 0 Å². The van der Waals surface area contributed by atoms with Gasteiger partial charge >= 0.3 is 6.03 Å². The molecule has 2 N–H and O–H groups in total. The summed E-state index contributed by atoms with van der Waals surface area (Å²) >= 11 is 1.54. The molecule has 2 aromatic rings. The zero-order valence-electron chi connectivity index (χ0n) is 13.8. The molecule has 0 saturated carbocycles. The summed E-state index contributed by atoms with van der Waals surface area (Å²) in [5, 5.41) is 8.77. The lowest BCUT2D eigenvalue weighted by molar-refractivity contribution is 0.134. The minimum atomic E-state index is -0.479. The van der Waals surface area contributed by atoms with Crippen molar-refractivity contribution >= 4 is 23.1 Å². The predicted octanol–water partition coefficient (Wildman–Crippen LogP) is 4.13. The van der Waals surface area contributed by atoms with E-state index in [9.17, 15) is 4.79 Å². The van der Waals surface area contributed by atoms with E-state index in [1.165, 1.54) is 0 Å². The molecule has 0 aliphatic carbocycles. The Labute approximate surface area is 141 Å². The first kappa shape index (κ1) is 17.4. The molecule has 1 atom stereocenters. The summed E-state index contributed by atoms with van der Waals surface area (Å²) in [6, 6.07) is 7.41. The van der Waals surface area contributed by atoms with Gasteiger partial charge in [-0.1, -0.05) is 25.1 Å². The van der Waals surface area contributed by atoms with Gasteiger partial charge in [0.25, 0.3) is 0 Å². The summed E-state index contributed by atoms with van der Waals surface area (Å²) in [5.41, 5.74) is 1.24. The van der Waals surface area contributed by atoms with Crippen LogP contribution in [0.3, 0.4) is 0 Å². The largest absolute Gasteiger partial charge is 0.377 e. The monoisotopic (exact) mass is 333 g/mol. The maximum atomic E-state index is 12.4. The van der Waals surface area contributed by atoms with Crippen molar-refractivity contribution < 1.29 is 9.53 Å². The van der Waals surface area contributed by atoms with Crippen LogP contribution in [0.15, 0.2) is 35.8 Å². The molecule has 0 aliphatic heterocycles. The van der Waals surface area contributed by atoms with Gasteiger partial charge in [0.2, 0.25) is 0 Å². The van der Waals surface area contributed by atoms with Crippen molar-refractivity contribution in [1.82, 2.24) is 10.3 Å². The topological polar surface area (TPSA) is 63.2 Å². The SMILES string of the molecule is CCOCc1ccccc1NC(=O)N[C@@](C)(CC)c1nccs1. The summed E-state index contributed by atoms with van der Waals surface area (Å²) in [7, 11) is 0. The van der Waals surface area contributed by atoms with Gasteiger partial charge < -0.3 is 15.4 Å². The lowest BCUT2D eigenvalue weighted by atomic mass is 10.0. The quantitative estimate of drug-likeness (QED) is 0.801. The molecule has 6 heteroatoms. The third-order valence-corrected chi connectivity index (χ3v) is 4.77. The highest BCUT2D eigenvalue weighted by molar-refractivity contribution is 7.09. The number of para-hydroxylation sites is 1. The van der Waals surface area contributed by atoms with Gasteiger partial charge in [-0.15, -0.1) is 11.3 Å². The van der Waals surface area contributed by atoms with Gasteiger partial charge in [0.1, 0.15) is 5.01 Å². The number of rotatable bonds is 7. The smallest absolute Gasteiger partial charge is 0.320 e. The molecule has 2 amide bonds. The Kier molecular flexibility index (Phi) is 6.12. The van der Waals surface area contributed by atoms with E-state index >= 15 is 0 Å². The third-order valence-electron chi connectivity index (χ3n) is 3.73. The molecule has 0 aliphatic rings. The number of nitrogens with one attached hydrogen (secondary N) is 2. The average Bonchev–Trinajstić information content (AvgIpc) is 3.09. The van der Waals surface area contributed by atoms with Gasteiger partial charge in [0.15, 0.2) is 0 Å². The number of aromatic nitrogens is 1. The van der Waals surface area contributed by atoms with E-state index in [4.69, 9.17) is 4.74 Å². The van der Waals surface area contributed by atoms with E-state index in [1.54, 1.807) is 17.5 Å². The maximum absolute atomic E-state index is 12.4. The van der Waals surface area contributed by atoms with Crippen LogP contribution < -0.4 is 10.6 Å². The van der Waals surface area contributed by atoms with E-state index in [1.807, 2.05) is 50.4 Å².